The average Bonchev–Trinajstić information content (AvgIpc) is 3.85. The van der Waals surface area contributed by atoms with Crippen LogP contribution in [-0.4, -0.2) is 56.8 Å². The summed E-state index contributed by atoms with van der Waals surface area (Å²) < 4.78 is 6.42. The van der Waals surface area contributed by atoms with Gasteiger partial charge in [0, 0.05) is 23.7 Å². The van der Waals surface area contributed by atoms with Crippen molar-refractivity contribution in [1.82, 2.24) is 15.6 Å². The molecule has 0 radical (unpaired) electrons. The van der Waals surface area contributed by atoms with Crippen molar-refractivity contribution < 1.29 is 33.8 Å². The van der Waals surface area contributed by atoms with Crippen LogP contribution in [0.25, 0.3) is 0 Å². The first-order chi connectivity index (χ1) is 27.0. The Morgan fingerprint density at radius 1 is 0.810 bits per heavy atom. The van der Waals surface area contributed by atoms with Crippen LogP contribution in [0.3, 0.4) is 0 Å². The molecular weight excluding hydrogens is 731 g/mol. The van der Waals surface area contributed by atoms with Crippen molar-refractivity contribution in [1.29, 1.82) is 0 Å². The molecule has 0 spiro atoms. The number of aromatic nitrogens is 1. The highest BCUT2D eigenvalue weighted by Crippen LogP contribution is 2.76. The van der Waals surface area contributed by atoms with Gasteiger partial charge >= 0.3 is 11.9 Å². The molecule has 1 aromatic rings. The molecule has 10 heteroatoms. The highest BCUT2D eigenvalue weighted by molar-refractivity contribution is 6.04. The number of esters is 1. The van der Waals surface area contributed by atoms with E-state index in [-0.39, 0.29) is 69.6 Å². The maximum absolute atomic E-state index is 14.4. The van der Waals surface area contributed by atoms with Crippen LogP contribution in [0.5, 0.6) is 0 Å². The van der Waals surface area contributed by atoms with Crippen LogP contribution in [0.15, 0.2) is 29.5 Å². The molecule has 1 heterocycles. The van der Waals surface area contributed by atoms with E-state index >= 15 is 0 Å². The third-order valence-corrected chi connectivity index (χ3v) is 18.5. The molecule has 7 aliphatic rings. The summed E-state index contributed by atoms with van der Waals surface area (Å²) in [6.07, 6.45) is 10.5. The number of hydrogen-bond acceptors (Lipinski definition) is 7. The van der Waals surface area contributed by atoms with Crippen LogP contribution in [0.2, 0.25) is 0 Å². The van der Waals surface area contributed by atoms with Crippen LogP contribution in [0.1, 0.15) is 155 Å². The second-order valence-electron chi connectivity index (χ2n) is 22.2. The van der Waals surface area contributed by atoms with Crippen LogP contribution < -0.4 is 10.6 Å². The number of pyridine rings is 1. The van der Waals surface area contributed by atoms with Crippen LogP contribution >= 0.6 is 0 Å². The van der Waals surface area contributed by atoms with Gasteiger partial charge in [0.15, 0.2) is 5.78 Å². The summed E-state index contributed by atoms with van der Waals surface area (Å²) >= 11 is 0. The van der Waals surface area contributed by atoms with E-state index in [1.165, 1.54) is 5.57 Å². The van der Waals surface area contributed by atoms with Gasteiger partial charge in [-0.25, -0.2) is 0 Å². The Hall–Kier alpha value is -3.56. The Morgan fingerprint density at radius 3 is 2.12 bits per heavy atom. The molecule has 6 saturated carbocycles. The summed E-state index contributed by atoms with van der Waals surface area (Å²) in [6, 6.07) is 3.53. The first-order valence-corrected chi connectivity index (χ1v) is 22.3. The molecule has 6 fully saturated rings. The lowest BCUT2D eigenvalue weighted by Crippen LogP contribution is -2.68. The average molecular weight is 798 g/mol. The number of allylic oxidation sites excluding steroid dienone is 1. The fraction of sp³-hybridized carbons (Fsp3) is 0.750. The van der Waals surface area contributed by atoms with Gasteiger partial charge in [-0.3, -0.25) is 29.0 Å². The SMILES string of the molecule is Cc1ccc(C(=O)NC2(C(=O)N[C@@]34CC[C@]5(C)[C@H](CC[C@@H]6[C@@]7(C)CC[C@H](OC(=O)[C@H]8C[C@@H](C(=O)O)C8(C)C)C(C)(C)[C@@H]7CC[C@]65C)C3=C(C(C)C)C(=O)C4)CC2)cn1. The van der Waals surface area contributed by atoms with Crippen LogP contribution in [0.4, 0.5) is 0 Å². The number of amides is 2. The van der Waals surface area contributed by atoms with E-state index in [4.69, 9.17) is 4.74 Å². The number of rotatable bonds is 8. The van der Waals surface area contributed by atoms with Gasteiger partial charge in [-0.2, -0.15) is 0 Å². The van der Waals surface area contributed by atoms with Crippen molar-refractivity contribution in [3.8, 4) is 0 Å². The van der Waals surface area contributed by atoms with Crippen molar-refractivity contribution >= 4 is 29.5 Å². The van der Waals surface area contributed by atoms with Gasteiger partial charge in [0.05, 0.1) is 22.9 Å². The van der Waals surface area contributed by atoms with Crippen molar-refractivity contribution in [2.24, 2.45) is 62.6 Å². The molecule has 8 rings (SSSR count). The molecule has 10 atom stereocenters. The van der Waals surface area contributed by atoms with Crippen molar-refractivity contribution in [3.63, 3.8) is 0 Å². The van der Waals surface area contributed by atoms with E-state index in [1.807, 2.05) is 20.8 Å². The van der Waals surface area contributed by atoms with E-state index < -0.39 is 34.3 Å². The number of Topliss-reactive ketones (excluding diaryl/α,β-unsaturated/α-hetero) is 1. The quantitative estimate of drug-likeness (QED) is 0.223. The van der Waals surface area contributed by atoms with Gasteiger partial charge in [0.25, 0.3) is 5.91 Å². The Labute approximate surface area is 344 Å². The topological polar surface area (TPSA) is 152 Å². The largest absolute Gasteiger partial charge is 0.481 e. The second kappa shape index (κ2) is 13.2. The van der Waals surface area contributed by atoms with E-state index in [0.29, 0.717) is 43.1 Å². The summed E-state index contributed by atoms with van der Waals surface area (Å²) in [5.41, 5.74) is 0.646. The number of ether oxygens (including phenoxy) is 1. The number of fused-ring (bicyclic) bond motifs is 7. The van der Waals surface area contributed by atoms with Gasteiger partial charge in [0.2, 0.25) is 5.91 Å². The molecule has 1 aromatic heterocycles. The van der Waals surface area contributed by atoms with E-state index in [2.05, 4.69) is 64.1 Å². The third kappa shape index (κ3) is 5.74. The van der Waals surface area contributed by atoms with Crippen LogP contribution in [0, 0.1) is 69.5 Å². The van der Waals surface area contributed by atoms with Crippen molar-refractivity contribution in [2.75, 3.05) is 0 Å². The molecule has 10 nitrogen and oxygen atoms in total. The number of carbonyl (C=O) groups is 5. The highest BCUT2D eigenvalue weighted by atomic mass is 16.5. The predicted molar refractivity (Wildman–Crippen MR) is 219 cm³/mol. The fourth-order valence-corrected chi connectivity index (χ4v) is 14.7. The summed E-state index contributed by atoms with van der Waals surface area (Å²) in [7, 11) is 0. The number of nitrogens with zero attached hydrogens (tertiary/aromatic N) is 1. The van der Waals surface area contributed by atoms with Gasteiger partial charge in [0.1, 0.15) is 11.6 Å². The molecule has 3 N–H and O–H groups in total. The maximum Gasteiger partial charge on any atom is 0.309 e. The molecule has 316 valence electrons. The number of carboxylic acids is 1. The fourth-order valence-electron chi connectivity index (χ4n) is 14.7. The minimum Gasteiger partial charge on any atom is -0.481 e. The Balaban J connectivity index is 1.04. The summed E-state index contributed by atoms with van der Waals surface area (Å²) in [5, 5.41) is 16.2. The number of aliphatic carboxylic acids is 1. The zero-order valence-electron chi connectivity index (χ0n) is 36.6. The lowest BCUT2D eigenvalue weighted by atomic mass is 9.33. The smallest absolute Gasteiger partial charge is 0.309 e. The van der Waals surface area contributed by atoms with Crippen molar-refractivity contribution in [2.45, 2.75) is 163 Å². The summed E-state index contributed by atoms with van der Waals surface area (Å²) in [6.45, 7) is 22.0. The molecule has 0 bridgehead atoms. The van der Waals surface area contributed by atoms with Crippen LogP contribution in [-0.2, 0) is 23.9 Å². The number of carbonyl (C=O) groups excluding carboxylic acids is 4. The first-order valence-electron chi connectivity index (χ1n) is 22.3. The molecule has 2 amide bonds. The Morgan fingerprint density at radius 2 is 1.52 bits per heavy atom. The number of ketones is 1. The molecule has 0 unspecified atom stereocenters. The molecule has 58 heavy (non-hydrogen) atoms. The number of carboxylic acid groups (broad SMARTS) is 1. The van der Waals surface area contributed by atoms with E-state index in [1.54, 1.807) is 18.3 Å². The molecular formula is C48H67N3O7. The Bertz CT molecular complexity index is 1980. The maximum atomic E-state index is 14.4. The van der Waals surface area contributed by atoms with E-state index in [0.717, 1.165) is 56.2 Å². The number of nitrogens with one attached hydrogen (secondary N) is 2. The lowest BCUT2D eigenvalue weighted by molar-refractivity contribution is -0.235. The van der Waals surface area contributed by atoms with Crippen molar-refractivity contribution in [3.05, 3.63) is 40.7 Å². The minimum absolute atomic E-state index is 0.00673. The normalized spacial score (nSPS) is 40.2. The molecule has 0 saturated heterocycles. The van der Waals surface area contributed by atoms with Gasteiger partial charge < -0.3 is 20.5 Å². The van der Waals surface area contributed by atoms with E-state index in [9.17, 15) is 29.1 Å². The van der Waals surface area contributed by atoms with Gasteiger partial charge in [-0.1, -0.05) is 62.3 Å². The van der Waals surface area contributed by atoms with Gasteiger partial charge in [-0.05, 0) is 146 Å². The molecule has 7 aliphatic carbocycles. The zero-order chi connectivity index (χ0) is 42.2. The predicted octanol–water partition coefficient (Wildman–Crippen LogP) is 8.16. The highest BCUT2D eigenvalue weighted by Gasteiger charge is 2.71. The summed E-state index contributed by atoms with van der Waals surface area (Å²) in [4.78, 5) is 71.6. The second-order valence-corrected chi connectivity index (χ2v) is 22.2. The zero-order valence-corrected chi connectivity index (χ0v) is 36.6. The molecule has 0 aliphatic heterocycles. The minimum atomic E-state index is -0.988. The number of aryl methyl sites for hydroxylation is 1. The molecule has 0 aromatic carbocycles. The number of hydrogen-bond donors (Lipinski definition) is 3. The third-order valence-electron chi connectivity index (χ3n) is 18.5. The first kappa shape index (κ1) is 41.2. The lowest BCUT2D eigenvalue weighted by Gasteiger charge is -2.72. The van der Waals surface area contributed by atoms with Gasteiger partial charge in [-0.15, -0.1) is 0 Å². The monoisotopic (exact) mass is 797 g/mol. The Kier molecular flexibility index (Phi) is 9.39. The standard InChI is InChI=1S/C48H67N3O7/c1-26(2)36-32(52)24-48(51-41(57)47(21-22-47)50-38(53)28-12-11-27(3)49-25-28)20-19-45(9)29(37(36)48)13-14-34-44(8)17-16-35(43(6,7)33(44)15-18-46(34,45)10)58-40(56)31-23-30(39(54)55)42(31,4)5/h11-12,25-26,29-31,33-35H,13-24H2,1-10H3,(H,50,53)(H,51,57)(H,54,55)/t29-,30+,31-,33+,34-,35+,44+,45-,46-,48-/m1/s1. The summed E-state index contributed by atoms with van der Waals surface area (Å²) in [5.74, 6) is -1.37.